The van der Waals surface area contributed by atoms with Crippen LogP contribution in [0.4, 0.5) is 0 Å². The fraction of sp³-hybridized carbons (Fsp3) is 0.368. The molecular weight excluding hydrogens is 358 g/mol. The van der Waals surface area contributed by atoms with Gasteiger partial charge in [-0.3, -0.25) is 0 Å². The van der Waals surface area contributed by atoms with Crippen molar-refractivity contribution in [1.82, 2.24) is 4.31 Å². The highest BCUT2D eigenvalue weighted by Crippen LogP contribution is 2.34. The molecule has 4 nitrogen and oxygen atoms in total. The van der Waals surface area contributed by atoms with Crippen LogP contribution in [0.2, 0.25) is 5.02 Å². The lowest BCUT2D eigenvalue weighted by Gasteiger charge is -2.44. The summed E-state index contributed by atoms with van der Waals surface area (Å²) in [5.41, 5.74) is 1.08. The predicted molar refractivity (Wildman–Crippen MR) is 100.0 cm³/mol. The van der Waals surface area contributed by atoms with Crippen LogP contribution in [0.25, 0.3) is 0 Å². The van der Waals surface area contributed by atoms with Gasteiger partial charge >= 0.3 is 0 Å². The van der Waals surface area contributed by atoms with Gasteiger partial charge in [0.2, 0.25) is 10.0 Å². The van der Waals surface area contributed by atoms with Crippen LogP contribution < -0.4 is 0 Å². The molecule has 0 saturated carbocycles. The Balaban J connectivity index is 1.86. The molecule has 134 valence electrons. The molecule has 25 heavy (non-hydrogen) atoms. The van der Waals surface area contributed by atoms with Gasteiger partial charge in [0.05, 0.1) is 24.0 Å². The number of ether oxygens (including phenoxy) is 1. The molecule has 1 fully saturated rings. The van der Waals surface area contributed by atoms with Crippen LogP contribution in [0.1, 0.15) is 31.1 Å². The van der Waals surface area contributed by atoms with Gasteiger partial charge in [0.25, 0.3) is 0 Å². The Morgan fingerprint density at radius 3 is 2.56 bits per heavy atom. The van der Waals surface area contributed by atoms with Gasteiger partial charge in [0.1, 0.15) is 0 Å². The van der Waals surface area contributed by atoms with E-state index in [9.17, 15) is 8.42 Å². The van der Waals surface area contributed by atoms with Gasteiger partial charge in [-0.05, 0) is 37.1 Å². The highest BCUT2D eigenvalue weighted by Gasteiger charge is 2.42. The number of sulfonamides is 1. The van der Waals surface area contributed by atoms with E-state index < -0.39 is 15.6 Å². The topological polar surface area (TPSA) is 46.6 Å². The van der Waals surface area contributed by atoms with Crippen molar-refractivity contribution >= 4 is 21.6 Å². The zero-order valence-corrected chi connectivity index (χ0v) is 15.9. The van der Waals surface area contributed by atoms with E-state index in [1.54, 1.807) is 10.4 Å². The average Bonchev–Trinajstić information content (AvgIpc) is 2.55. The van der Waals surface area contributed by atoms with E-state index >= 15 is 0 Å². The molecule has 1 atom stereocenters. The van der Waals surface area contributed by atoms with Crippen LogP contribution in [-0.4, -0.2) is 31.4 Å². The molecule has 0 amide bonds. The molecule has 2 aromatic carbocycles. The number of benzene rings is 2. The summed E-state index contributed by atoms with van der Waals surface area (Å²) >= 11 is 6.07. The number of hydrogen-bond donors (Lipinski definition) is 0. The molecule has 2 aromatic rings. The lowest BCUT2D eigenvalue weighted by Crippen LogP contribution is -2.56. The van der Waals surface area contributed by atoms with Crippen LogP contribution in [0, 0.1) is 0 Å². The molecule has 1 aliphatic heterocycles. The monoisotopic (exact) mass is 379 g/mol. The van der Waals surface area contributed by atoms with E-state index in [1.807, 2.05) is 62.4 Å². The molecule has 3 rings (SSSR count). The molecule has 6 heteroatoms. The zero-order valence-electron chi connectivity index (χ0n) is 14.4. The minimum absolute atomic E-state index is 0.0143. The summed E-state index contributed by atoms with van der Waals surface area (Å²) in [5, 5.41) is 0.615. The smallest absolute Gasteiger partial charge is 0.218 e. The lowest BCUT2D eigenvalue weighted by atomic mass is 10.0. The van der Waals surface area contributed by atoms with E-state index in [2.05, 4.69) is 0 Å². The van der Waals surface area contributed by atoms with Gasteiger partial charge in [0, 0.05) is 11.6 Å². The highest BCUT2D eigenvalue weighted by molar-refractivity contribution is 7.88. The van der Waals surface area contributed by atoms with Crippen molar-refractivity contribution in [3.05, 3.63) is 70.7 Å². The average molecular weight is 380 g/mol. The van der Waals surface area contributed by atoms with E-state index in [4.69, 9.17) is 16.3 Å². The van der Waals surface area contributed by atoms with Gasteiger partial charge in [0.15, 0.2) is 0 Å². The third-order valence-electron chi connectivity index (χ3n) is 4.39. The van der Waals surface area contributed by atoms with Crippen LogP contribution in [-0.2, 0) is 20.5 Å². The van der Waals surface area contributed by atoms with Crippen LogP contribution in [0.3, 0.4) is 0 Å². The predicted octanol–water partition coefficient (Wildman–Crippen LogP) is 4.02. The Morgan fingerprint density at radius 1 is 1.16 bits per heavy atom. The van der Waals surface area contributed by atoms with Crippen LogP contribution in [0.5, 0.6) is 0 Å². The van der Waals surface area contributed by atoms with Crippen molar-refractivity contribution in [2.24, 2.45) is 0 Å². The van der Waals surface area contributed by atoms with Crippen LogP contribution >= 0.6 is 11.6 Å². The number of hydrogen-bond acceptors (Lipinski definition) is 3. The highest BCUT2D eigenvalue weighted by atomic mass is 35.5. The van der Waals surface area contributed by atoms with E-state index in [1.165, 1.54) is 0 Å². The molecule has 0 bridgehead atoms. The van der Waals surface area contributed by atoms with Gasteiger partial charge in [-0.2, -0.15) is 4.31 Å². The Labute approximate surface area is 154 Å². The quantitative estimate of drug-likeness (QED) is 0.805. The van der Waals surface area contributed by atoms with Crippen molar-refractivity contribution in [1.29, 1.82) is 0 Å². The summed E-state index contributed by atoms with van der Waals surface area (Å²) < 4.78 is 33.6. The molecule has 1 heterocycles. The van der Waals surface area contributed by atoms with Crippen molar-refractivity contribution in [2.75, 3.05) is 13.2 Å². The normalized spacial score (nSPS) is 21.2. The summed E-state index contributed by atoms with van der Waals surface area (Å²) in [7, 11) is -3.47. The number of halogens is 1. The van der Waals surface area contributed by atoms with E-state index in [-0.39, 0.29) is 18.4 Å². The minimum atomic E-state index is -3.47. The largest absolute Gasteiger partial charge is 0.370 e. The van der Waals surface area contributed by atoms with Crippen molar-refractivity contribution in [2.45, 2.75) is 31.2 Å². The maximum absolute atomic E-state index is 13.1. The molecule has 0 radical (unpaired) electrons. The summed E-state index contributed by atoms with van der Waals surface area (Å²) in [4.78, 5) is 0. The summed E-state index contributed by atoms with van der Waals surface area (Å²) in [6.07, 6.45) is -0.322. The number of rotatable bonds is 4. The van der Waals surface area contributed by atoms with Gasteiger partial charge in [-0.25, -0.2) is 8.42 Å². The fourth-order valence-corrected chi connectivity index (χ4v) is 5.22. The number of morpholine rings is 1. The first-order valence-corrected chi connectivity index (χ1v) is 10.2. The van der Waals surface area contributed by atoms with Crippen molar-refractivity contribution < 1.29 is 13.2 Å². The summed E-state index contributed by atoms with van der Waals surface area (Å²) in [5.74, 6) is -0.0143. The third-order valence-corrected chi connectivity index (χ3v) is 6.64. The van der Waals surface area contributed by atoms with Gasteiger partial charge in [-0.1, -0.05) is 54.1 Å². The standard InChI is InChI=1S/C19H22ClNO3S/c1-19(2)14-24-18(16-9-6-10-17(20)11-16)12-21(19)25(22,23)13-15-7-4-3-5-8-15/h3-11,18H,12-14H2,1-2H3. The fourth-order valence-electron chi connectivity index (χ4n) is 3.09. The first kappa shape index (κ1) is 18.4. The van der Waals surface area contributed by atoms with Crippen LogP contribution in [0.15, 0.2) is 54.6 Å². The van der Waals surface area contributed by atoms with Gasteiger partial charge < -0.3 is 4.74 Å². The second-order valence-electron chi connectivity index (χ2n) is 6.94. The molecule has 0 N–H and O–H groups in total. The van der Waals surface area contributed by atoms with E-state index in [0.29, 0.717) is 11.6 Å². The number of nitrogens with zero attached hydrogens (tertiary/aromatic N) is 1. The Kier molecular flexibility index (Phi) is 5.21. The first-order chi connectivity index (χ1) is 11.8. The zero-order chi connectivity index (χ0) is 18.1. The SMILES string of the molecule is CC1(C)COC(c2cccc(Cl)c2)CN1S(=O)(=O)Cc1ccccc1. The summed E-state index contributed by atoms with van der Waals surface area (Å²) in [6.45, 7) is 4.40. The summed E-state index contributed by atoms with van der Waals surface area (Å²) in [6, 6.07) is 16.6. The second-order valence-corrected chi connectivity index (χ2v) is 9.27. The maximum Gasteiger partial charge on any atom is 0.218 e. The lowest BCUT2D eigenvalue weighted by molar-refractivity contribution is -0.0655. The molecule has 1 unspecified atom stereocenters. The third kappa shape index (κ3) is 4.23. The molecule has 0 spiro atoms. The van der Waals surface area contributed by atoms with Crippen molar-refractivity contribution in [3.8, 4) is 0 Å². The minimum Gasteiger partial charge on any atom is -0.370 e. The Bertz CT molecular complexity index is 837. The second kappa shape index (κ2) is 7.08. The Hall–Kier alpha value is -1.40. The molecular formula is C19H22ClNO3S. The van der Waals surface area contributed by atoms with Gasteiger partial charge in [-0.15, -0.1) is 0 Å². The molecule has 0 aromatic heterocycles. The van der Waals surface area contributed by atoms with Crippen molar-refractivity contribution in [3.63, 3.8) is 0 Å². The molecule has 0 aliphatic carbocycles. The Morgan fingerprint density at radius 2 is 1.88 bits per heavy atom. The van der Waals surface area contributed by atoms with E-state index in [0.717, 1.165) is 11.1 Å². The molecule has 1 aliphatic rings. The maximum atomic E-state index is 13.1. The first-order valence-electron chi connectivity index (χ1n) is 8.19. The molecule has 1 saturated heterocycles.